The van der Waals surface area contributed by atoms with Crippen molar-refractivity contribution in [1.29, 1.82) is 5.26 Å². The minimum atomic E-state index is 0.265. The molecule has 0 spiro atoms. The molecule has 0 aliphatic heterocycles. The third kappa shape index (κ3) is 1.87. The van der Waals surface area contributed by atoms with Gasteiger partial charge in [0.15, 0.2) is 5.78 Å². The van der Waals surface area contributed by atoms with Gasteiger partial charge in [0.25, 0.3) is 0 Å². The van der Waals surface area contributed by atoms with E-state index in [0.29, 0.717) is 17.6 Å². The minimum absolute atomic E-state index is 0.265. The fourth-order valence-corrected chi connectivity index (χ4v) is 6.71. The van der Waals surface area contributed by atoms with E-state index in [2.05, 4.69) is 19.9 Å². The van der Waals surface area contributed by atoms with E-state index in [1.54, 1.807) is 0 Å². The van der Waals surface area contributed by atoms with Crippen LogP contribution in [0, 0.1) is 52.3 Å². The van der Waals surface area contributed by atoms with E-state index in [1.165, 1.54) is 31.3 Å². The highest BCUT2D eigenvalue weighted by Gasteiger charge is 2.57. The topological polar surface area (TPSA) is 40.9 Å². The largest absolute Gasteiger partial charge is 0.295 e. The van der Waals surface area contributed by atoms with Gasteiger partial charge in [0.1, 0.15) is 0 Å². The third-order valence-corrected chi connectivity index (χ3v) is 7.82. The molecular weight excluding hydrogens is 270 g/mol. The van der Waals surface area contributed by atoms with Crippen LogP contribution in [0.4, 0.5) is 0 Å². The molecule has 22 heavy (non-hydrogen) atoms. The van der Waals surface area contributed by atoms with Gasteiger partial charge in [0.2, 0.25) is 0 Å². The summed E-state index contributed by atoms with van der Waals surface area (Å²) >= 11 is 0. The molecule has 0 aromatic rings. The van der Waals surface area contributed by atoms with Crippen molar-refractivity contribution < 1.29 is 4.79 Å². The molecule has 0 aromatic carbocycles. The average molecular weight is 297 g/mol. The maximum Gasteiger partial charge on any atom is 0.155 e. The Balaban J connectivity index is 1.67. The highest BCUT2D eigenvalue weighted by Crippen LogP contribution is 2.64. The Bertz CT molecular complexity index is 571. The number of nitriles is 1. The normalized spacial score (nSPS) is 50.4. The summed E-state index contributed by atoms with van der Waals surface area (Å²) in [6.45, 7) is 4.73. The van der Waals surface area contributed by atoms with Crippen molar-refractivity contribution in [2.45, 2.75) is 58.8 Å². The molecule has 4 aliphatic carbocycles. The van der Waals surface area contributed by atoms with Crippen LogP contribution >= 0.6 is 0 Å². The SMILES string of the molecule is C[C@@H]1CC2C(CC[C@@]3(C)C2CC[C@@H]3C#N)C2CCC(=O)C=C21. The van der Waals surface area contributed by atoms with E-state index in [1.807, 2.05) is 6.08 Å². The van der Waals surface area contributed by atoms with Crippen molar-refractivity contribution in [3.05, 3.63) is 11.6 Å². The van der Waals surface area contributed by atoms with E-state index >= 15 is 0 Å². The Labute approximate surface area is 134 Å². The van der Waals surface area contributed by atoms with Crippen LogP contribution in [-0.4, -0.2) is 5.78 Å². The standard InChI is InChI=1S/C20H27NO/c1-12-9-18-16(15-5-4-14(22)10-17(12)15)7-8-20(2)13(11-21)3-6-19(18)20/h10,12-13,15-16,18-19H,3-9H2,1-2H3/t12-,13-,15?,16?,18?,19?,20-/m1/s1. The zero-order chi connectivity index (χ0) is 15.5. The summed E-state index contributed by atoms with van der Waals surface area (Å²) in [6.07, 6.45) is 9.96. The summed E-state index contributed by atoms with van der Waals surface area (Å²) < 4.78 is 0. The van der Waals surface area contributed by atoms with Gasteiger partial charge in [-0.3, -0.25) is 4.79 Å². The summed E-state index contributed by atoms with van der Waals surface area (Å²) in [5.41, 5.74) is 1.73. The maximum absolute atomic E-state index is 11.8. The van der Waals surface area contributed by atoms with Crippen molar-refractivity contribution >= 4 is 5.78 Å². The minimum Gasteiger partial charge on any atom is -0.295 e. The smallest absolute Gasteiger partial charge is 0.155 e. The predicted molar refractivity (Wildman–Crippen MR) is 85.7 cm³/mol. The van der Waals surface area contributed by atoms with E-state index in [9.17, 15) is 10.1 Å². The molecule has 0 bridgehead atoms. The molecule has 3 saturated carbocycles. The summed E-state index contributed by atoms with van der Waals surface area (Å²) in [7, 11) is 0. The molecule has 4 aliphatic rings. The third-order valence-electron chi connectivity index (χ3n) is 7.82. The van der Waals surface area contributed by atoms with Crippen molar-refractivity contribution in [1.82, 2.24) is 0 Å². The number of nitrogens with zero attached hydrogens (tertiary/aromatic N) is 1. The first-order valence-corrected chi connectivity index (χ1v) is 9.18. The number of fused-ring (bicyclic) bond motifs is 5. The molecule has 0 aromatic heterocycles. The predicted octanol–water partition coefficient (Wildman–Crippen LogP) is 4.51. The Morgan fingerprint density at radius 2 is 2.05 bits per heavy atom. The Hall–Kier alpha value is -1.10. The zero-order valence-electron chi connectivity index (χ0n) is 13.8. The summed E-state index contributed by atoms with van der Waals surface area (Å²) in [6, 6.07) is 2.62. The van der Waals surface area contributed by atoms with Crippen LogP contribution in [0.1, 0.15) is 58.8 Å². The molecule has 0 saturated heterocycles. The molecule has 7 atom stereocenters. The van der Waals surface area contributed by atoms with Crippen molar-refractivity contribution in [3.8, 4) is 6.07 Å². The second kappa shape index (κ2) is 4.95. The fraction of sp³-hybridized carbons (Fsp3) is 0.800. The van der Waals surface area contributed by atoms with Gasteiger partial charge in [0, 0.05) is 6.42 Å². The molecule has 118 valence electrons. The van der Waals surface area contributed by atoms with Crippen LogP contribution in [0.5, 0.6) is 0 Å². The second-order valence-electron chi connectivity index (χ2n) is 8.63. The van der Waals surface area contributed by atoms with Crippen molar-refractivity contribution in [2.24, 2.45) is 40.9 Å². The lowest BCUT2D eigenvalue weighted by Gasteiger charge is -2.54. The summed E-state index contributed by atoms with van der Waals surface area (Å²) in [4.78, 5) is 11.8. The quantitative estimate of drug-likeness (QED) is 0.660. The Morgan fingerprint density at radius 1 is 1.23 bits per heavy atom. The molecule has 0 radical (unpaired) electrons. The number of ketones is 1. The molecule has 0 heterocycles. The first-order valence-electron chi connectivity index (χ1n) is 9.18. The van der Waals surface area contributed by atoms with Crippen LogP contribution in [0.15, 0.2) is 11.6 Å². The number of allylic oxidation sites excluding steroid dienone is 1. The van der Waals surface area contributed by atoms with Gasteiger partial charge in [-0.15, -0.1) is 0 Å². The molecular formula is C20H27NO. The summed E-state index contributed by atoms with van der Waals surface area (Å²) in [5, 5.41) is 9.54. The molecule has 3 fully saturated rings. The van der Waals surface area contributed by atoms with Crippen LogP contribution in [0.3, 0.4) is 0 Å². The lowest BCUT2D eigenvalue weighted by molar-refractivity contribution is -0.116. The van der Waals surface area contributed by atoms with E-state index in [0.717, 1.165) is 37.0 Å². The molecule has 2 nitrogen and oxygen atoms in total. The first-order chi connectivity index (χ1) is 10.5. The second-order valence-corrected chi connectivity index (χ2v) is 8.63. The number of hydrogen-bond acceptors (Lipinski definition) is 2. The Morgan fingerprint density at radius 3 is 2.82 bits per heavy atom. The molecule has 4 unspecified atom stereocenters. The first kappa shape index (κ1) is 14.5. The lowest BCUT2D eigenvalue weighted by Crippen LogP contribution is -2.47. The monoisotopic (exact) mass is 297 g/mol. The fourth-order valence-electron chi connectivity index (χ4n) is 6.71. The molecule has 2 heteroatoms. The van der Waals surface area contributed by atoms with Gasteiger partial charge < -0.3 is 0 Å². The van der Waals surface area contributed by atoms with Crippen LogP contribution < -0.4 is 0 Å². The Kier molecular flexibility index (Phi) is 3.26. The van der Waals surface area contributed by atoms with Gasteiger partial charge in [-0.05, 0) is 79.6 Å². The average Bonchev–Trinajstić information content (AvgIpc) is 2.84. The lowest BCUT2D eigenvalue weighted by atomic mass is 9.50. The van der Waals surface area contributed by atoms with Crippen molar-refractivity contribution in [3.63, 3.8) is 0 Å². The van der Waals surface area contributed by atoms with Crippen LogP contribution in [-0.2, 0) is 4.79 Å². The molecule has 0 amide bonds. The van der Waals surface area contributed by atoms with Gasteiger partial charge >= 0.3 is 0 Å². The number of carbonyl (C=O) groups excluding carboxylic acids is 1. The van der Waals surface area contributed by atoms with Crippen LogP contribution in [0.25, 0.3) is 0 Å². The number of carbonyl (C=O) groups is 1. The van der Waals surface area contributed by atoms with Gasteiger partial charge in [-0.1, -0.05) is 19.4 Å². The number of rotatable bonds is 0. The van der Waals surface area contributed by atoms with Gasteiger partial charge in [-0.25, -0.2) is 0 Å². The van der Waals surface area contributed by atoms with E-state index in [4.69, 9.17) is 0 Å². The highest BCUT2D eigenvalue weighted by atomic mass is 16.1. The maximum atomic E-state index is 11.8. The molecule has 0 N–H and O–H groups in total. The molecule has 4 rings (SSSR count). The zero-order valence-corrected chi connectivity index (χ0v) is 13.8. The highest BCUT2D eigenvalue weighted by molar-refractivity contribution is 5.91. The number of hydrogen-bond donors (Lipinski definition) is 0. The summed E-state index contributed by atoms with van der Waals surface area (Å²) in [5.74, 6) is 4.18. The van der Waals surface area contributed by atoms with E-state index in [-0.39, 0.29) is 11.3 Å². The van der Waals surface area contributed by atoms with E-state index < -0.39 is 0 Å². The van der Waals surface area contributed by atoms with Crippen LogP contribution in [0.2, 0.25) is 0 Å². The van der Waals surface area contributed by atoms with Crippen molar-refractivity contribution in [2.75, 3.05) is 0 Å². The van der Waals surface area contributed by atoms with Gasteiger partial charge in [0.05, 0.1) is 12.0 Å². The van der Waals surface area contributed by atoms with Gasteiger partial charge in [-0.2, -0.15) is 5.26 Å².